The standard InChI is InChI=1S/C3H7NO2S.C3H4O4/c4-2(1-7)3(5)6;4-2(5)1-3(6)7/h2,7H,1,4H2,(H,5,6);1H2,(H,4,5)(H,6,7). The zero-order chi connectivity index (χ0) is 11.7. The fraction of sp³-hybridized carbons (Fsp3) is 0.500. The Kier molecular flexibility index (Phi) is 9.04. The molecule has 0 heterocycles. The van der Waals surface area contributed by atoms with E-state index in [0.29, 0.717) is 0 Å². The average Bonchev–Trinajstić information content (AvgIpc) is 2.01. The second kappa shape index (κ2) is 8.32. The molecular weight excluding hydrogens is 214 g/mol. The van der Waals surface area contributed by atoms with Crippen molar-refractivity contribution in [3.63, 3.8) is 0 Å². The zero-order valence-electron chi connectivity index (χ0n) is 7.08. The lowest BCUT2D eigenvalue weighted by Gasteiger charge is -1.96. The summed E-state index contributed by atoms with van der Waals surface area (Å²) < 4.78 is 0. The number of rotatable bonds is 4. The van der Waals surface area contributed by atoms with Gasteiger partial charge in [-0.05, 0) is 0 Å². The van der Waals surface area contributed by atoms with Crippen LogP contribution in [0, 0.1) is 0 Å². The van der Waals surface area contributed by atoms with Crippen molar-refractivity contribution >= 4 is 30.5 Å². The minimum absolute atomic E-state index is 0.190. The Morgan fingerprint density at radius 1 is 1.14 bits per heavy atom. The van der Waals surface area contributed by atoms with Crippen LogP contribution in [0.3, 0.4) is 0 Å². The van der Waals surface area contributed by atoms with E-state index in [-0.39, 0.29) is 5.75 Å². The second-order valence-electron chi connectivity index (χ2n) is 2.09. The average molecular weight is 225 g/mol. The largest absolute Gasteiger partial charge is 0.481 e. The molecule has 0 fully saturated rings. The van der Waals surface area contributed by atoms with Crippen molar-refractivity contribution in [2.45, 2.75) is 12.5 Å². The van der Waals surface area contributed by atoms with E-state index >= 15 is 0 Å². The molecule has 8 heteroatoms. The second-order valence-corrected chi connectivity index (χ2v) is 2.46. The normalized spacial score (nSPS) is 10.7. The number of hydrogen-bond donors (Lipinski definition) is 5. The number of thiol groups is 1. The van der Waals surface area contributed by atoms with Crippen molar-refractivity contribution in [1.82, 2.24) is 0 Å². The Balaban J connectivity index is 0. The predicted molar refractivity (Wildman–Crippen MR) is 49.4 cm³/mol. The number of carboxylic acid groups (broad SMARTS) is 3. The predicted octanol–water partition coefficient (Wildman–Crippen LogP) is -1.13. The van der Waals surface area contributed by atoms with E-state index in [1.165, 1.54) is 0 Å². The minimum atomic E-state index is -1.31. The van der Waals surface area contributed by atoms with Crippen molar-refractivity contribution in [3.8, 4) is 0 Å². The van der Waals surface area contributed by atoms with Gasteiger partial charge in [-0.15, -0.1) is 0 Å². The SMILES string of the molecule is NC(CS)C(=O)O.O=C(O)CC(=O)O. The molecule has 0 aliphatic heterocycles. The summed E-state index contributed by atoms with van der Waals surface area (Å²) in [4.78, 5) is 28.6. The lowest BCUT2D eigenvalue weighted by Crippen LogP contribution is -2.31. The van der Waals surface area contributed by atoms with Gasteiger partial charge in [-0.3, -0.25) is 14.4 Å². The summed E-state index contributed by atoms with van der Waals surface area (Å²) in [5.74, 6) is -3.44. The molecule has 7 nitrogen and oxygen atoms in total. The van der Waals surface area contributed by atoms with Crippen LogP contribution in [-0.2, 0) is 14.4 Å². The fourth-order valence-electron chi connectivity index (χ4n) is 0.207. The summed E-state index contributed by atoms with van der Waals surface area (Å²) in [7, 11) is 0. The summed E-state index contributed by atoms with van der Waals surface area (Å²) in [5, 5.41) is 23.4. The highest BCUT2D eigenvalue weighted by Crippen LogP contribution is 1.80. The lowest BCUT2D eigenvalue weighted by atomic mass is 10.4. The van der Waals surface area contributed by atoms with Gasteiger partial charge in [0.1, 0.15) is 12.5 Å². The zero-order valence-corrected chi connectivity index (χ0v) is 7.98. The van der Waals surface area contributed by atoms with Crippen LogP contribution in [0.5, 0.6) is 0 Å². The molecule has 0 aromatic carbocycles. The number of aliphatic carboxylic acids is 3. The first-order chi connectivity index (χ1) is 6.31. The third-order valence-electron chi connectivity index (χ3n) is 0.816. The lowest BCUT2D eigenvalue weighted by molar-refractivity contribution is -0.147. The molecule has 5 N–H and O–H groups in total. The first-order valence-corrected chi connectivity index (χ1v) is 3.97. The van der Waals surface area contributed by atoms with Crippen molar-refractivity contribution in [3.05, 3.63) is 0 Å². The van der Waals surface area contributed by atoms with Gasteiger partial charge in [0.2, 0.25) is 0 Å². The van der Waals surface area contributed by atoms with Crippen LogP contribution in [0.4, 0.5) is 0 Å². The van der Waals surface area contributed by atoms with E-state index in [1.54, 1.807) is 0 Å². The highest BCUT2D eigenvalue weighted by molar-refractivity contribution is 7.80. The van der Waals surface area contributed by atoms with Gasteiger partial charge in [0.05, 0.1) is 0 Å². The van der Waals surface area contributed by atoms with Gasteiger partial charge in [0.25, 0.3) is 0 Å². The number of nitrogens with two attached hydrogens (primary N) is 1. The minimum Gasteiger partial charge on any atom is -0.481 e. The molecule has 0 saturated carbocycles. The quantitative estimate of drug-likeness (QED) is 0.301. The first-order valence-electron chi connectivity index (χ1n) is 3.34. The third kappa shape index (κ3) is 13.3. The molecule has 14 heavy (non-hydrogen) atoms. The molecule has 0 aliphatic carbocycles. The van der Waals surface area contributed by atoms with Gasteiger partial charge in [-0.1, -0.05) is 0 Å². The van der Waals surface area contributed by atoms with Gasteiger partial charge >= 0.3 is 17.9 Å². The van der Waals surface area contributed by atoms with Gasteiger partial charge < -0.3 is 21.1 Å². The molecule has 0 bridgehead atoms. The Morgan fingerprint density at radius 3 is 1.50 bits per heavy atom. The maximum Gasteiger partial charge on any atom is 0.321 e. The number of carboxylic acids is 3. The Labute approximate surface area is 84.9 Å². The summed E-state index contributed by atoms with van der Waals surface area (Å²) >= 11 is 3.65. The van der Waals surface area contributed by atoms with E-state index < -0.39 is 30.4 Å². The van der Waals surface area contributed by atoms with Crippen LogP contribution in [0.1, 0.15) is 6.42 Å². The van der Waals surface area contributed by atoms with Crippen molar-refractivity contribution in [2.24, 2.45) is 5.73 Å². The number of hydrogen-bond acceptors (Lipinski definition) is 5. The van der Waals surface area contributed by atoms with Crippen molar-refractivity contribution in [2.75, 3.05) is 5.75 Å². The summed E-state index contributed by atoms with van der Waals surface area (Å²) in [5.41, 5.74) is 4.94. The molecule has 1 atom stereocenters. The summed E-state index contributed by atoms with van der Waals surface area (Å²) in [6.07, 6.45) is -0.806. The van der Waals surface area contributed by atoms with Crippen LogP contribution < -0.4 is 5.73 Å². The number of carbonyl (C=O) groups is 3. The maximum atomic E-state index is 9.76. The van der Waals surface area contributed by atoms with Gasteiger partial charge in [0.15, 0.2) is 0 Å². The monoisotopic (exact) mass is 225 g/mol. The molecule has 0 saturated heterocycles. The summed E-state index contributed by atoms with van der Waals surface area (Å²) in [6.45, 7) is 0. The van der Waals surface area contributed by atoms with Crippen LogP contribution in [0.2, 0.25) is 0 Å². The molecule has 0 aromatic rings. The van der Waals surface area contributed by atoms with Crippen molar-refractivity contribution < 1.29 is 29.7 Å². The molecule has 0 radical (unpaired) electrons. The third-order valence-corrected chi connectivity index (χ3v) is 1.21. The maximum absolute atomic E-state index is 9.76. The highest BCUT2D eigenvalue weighted by atomic mass is 32.1. The molecule has 82 valence electrons. The molecule has 0 spiro atoms. The van der Waals surface area contributed by atoms with Crippen LogP contribution in [-0.4, -0.2) is 45.0 Å². The van der Waals surface area contributed by atoms with Crippen molar-refractivity contribution in [1.29, 1.82) is 0 Å². The molecule has 0 rings (SSSR count). The molecular formula is C6H11NO6S. The van der Waals surface area contributed by atoms with Gasteiger partial charge in [-0.2, -0.15) is 12.6 Å². The van der Waals surface area contributed by atoms with Gasteiger partial charge in [-0.25, -0.2) is 0 Å². The molecule has 0 amide bonds. The van der Waals surface area contributed by atoms with E-state index in [2.05, 4.69) is 12.6 Å². The molecule has 0 aliphatic rings. The Morgan fingerprint density at radius 2 is 1.50 bits per heavy atom. The Bertz CT molecular complexity index is 206. The Hall–Kier alpha value is -1.28. The van der Waals surface area contributed by atoms with Gasteiger partial charge in [0, 0.05) is 5.75 Å². The van der Waals surface area contributed by atoms with E-state index in [4.69, 9.17) is 21.1 Å². The molecule has 0 aromatic heterocycles. The highest BCUT2D eigenvalue weighted by Gasteiger charge is 2.06. The first kappa shape index (κ1) is 15.2. The fourth-order valence-corrected chi connectivity index (χ4v) is 0.364. The van der Waals surface area contributed by atoms with E-state index in [0.717, 1.165) is 0 Å². The van der Waals surface area contributed by atoms with Crippen LogP contribution >= 0.6 is 12.6 Å². The van der Waals surface area contributed by atoms with E-state index in [9.17, 15) is 14.4 Å². The van der Waals surface area contributed by atoms with Crippen LogP contribution in [0.25, 0.3) is 0 Å². The topological polar surface area (TPSA) is 138 Å². The smallest absolute Gasteiger partial charge is 0.321 e. The van der Waals surface area contributed by atoms with Crippen LogP contribution in [0.15, 0.2) is 0 Å². The summed E-state index contributed by atoms with van der Waals surface area (Å²) in [6, 6.07) is -0.816. The van der Waals surface area contributed by atoms with E-state index in [1.807, 2.05) is 0 Å². The molecule has 1 unspecified atom stereocenters.